The number of hydrogen-bond donors (Lipinski definition) is 1. The molecule has 0 unspecified atom stereocenters. The van der Waals surface area contributed by atoms with Gasteiger partial charge in [-0.25, -0.2) is 0 Å². The molecule has 1 amide bonds. The van der Waals surface area contributed by atoms with Crippen LogP contribution >= 0.6 is 0 Å². The van der Waals surface area contributed by atoms with Crippen molar-refractivity contribution >= 4 is 5.91 Å². The van der Waals surface area contributed by atoms with E-state index in [1.54, 1.807) is 13.2 Å². The third kappa shape index (κ3) is 2.44. The maximum atomic E-state index is 12.7. The summed E-state index contributed by atoms with van der Waals surface area (Å²) in [6.07, 6.45) is 6.55. The van der Waals surface area contributed by atoms with Gasteiger partial charge in [-0.1, -0.05) is 23.7 Å². The van der Waals surface area contributed by atoms with Crippen LogP contribution in [0.4, 0.5) is 0 Å². The van der Waals surface area contributed by atoms with Crippen LogP contribution in [0.1, 0.15) is 42.6 Å². The molecule has 2 bridgehead atoms. The highest BCUT2D eigenvalue weighted by Gasteiger charge is 2.54. The number of benzene rings is 1. The van der Waals surface area contributed by atoms with Crippen LogP contribution in [0, 0.1) is 23.7 Å². The molecule has 0 saturated heterocycles. The lowest BCUT2D eigenvalue weighted by Gasteiger charge is -2.31. The van der Waals surface area contributed by atoms with Gasteiger partial charge in [-0.15, -0.1) is 0 Å². The molecule has 0 spiro atoms. The third-order valence-electron chi connectivity index (χ3n) is 6.86. The Hall–Kier alpha value is -2.30. The maximum absolute atomic E-state index is 12.7. The molecule has 2 aromatic rings. The number of carbonyl (C=O) groups is 1. The highest BCUT2D eigenvalue weighted by molar-refractivity contribution is 5.93. The first-order chi connectivity index (χ1) is 12.7. The molecule has 3 fully saturated rings. The first kappa shape index (κ1) is 15.9. The average molecular weight is 352 g/mol. The zero-order valence-corrected chi connectivity index (χ0v) is 15.0. The van der Waals surface area contributed by atoms with Crippen molar-refractivity contribution in [2.24, 2.45) is 23.7 Å². The zero-order chi connectivity index (χ0) is 17.7. The summed E-state index contributed by atoms with van der Waals surface area (Å²) in [6, 6.07) is 9.59. The number of aromatic nitrogens is 1. The second-order valence-corrected chi connectivity index (χ2v) is 8.01. The smallest absolute Gasteiger partial charge is 0.273 e. The third-order valence-corrected chi connectivity index (χ3v) is 6.86. The number of methoxy groups -OCH3 is 1. The molecule has 3 saturated carbocycles. The molecule has 26 heavy (non-hydrogen) atoms. The second-order valence-electron chi connectivity index (χ2n) is 8.01. The van der Waals surface area contributed by atoms with Crippen molar-refractivity contribution in [3.8, 4) is 17.1 Å². The molecule has 0 radical (unpaired) electrons. The molecule has 1 N–H and O–H groups in total. The molecular weight excluding hydrogens is 328 g/mol. The molecule has 1 heterocycles. The molecule has 5 atom stereocenters. The van der Waals surface area contributed by atoms with Crippen LogP contribution in [0.15, 0.2) is 34.9 Å². The summed E-state index contributed by atoms with van der Waals surface area (Å²) in [5, 5.41) is 7.24. The van der Waals surface area contributed by atoms with Crippen molar-refractivity contribution in [2.75, 3.05) is 7.11 Å². The van der Waals surface area contributed by atoms with Gasteiger partial charge < -0.3 is 14.6 Å². The minimum atomic E-state index is -0.123. The number of carbonyl (C=O) groups excluding carboxylic acids is 1. The van der Waals surface area contributed by atoms with Crippen molar-refractivity contribution in [1.82, 2.24) is 10.5 Å². The largest absolute Gasteiger partial charge is 0.496 e. The van der Waals surface area contributed by atoms with E-state index >= 15 is 0 Å². The predicted octanol–water partition coefficient (Wildman–Crippen LogP) is 3.90. The highest BCUT2D eigenvalue weighted by Crippen LogP contribution is 2.58. The zero-order valence-electron chi connectivity index (χ0n) is 15.0. The van der Waals surface area contributed by atoms with E-state index in [-0.39, 0.29) is 5.91 Å². The Morgan fingerprint density at radius 2 is 2.04 bits per heavy atom. The topological polar surface area (TPSA) is 64.4 Å². The SMILES string of the molecule is COc1ccccc1-c1cc(C(=O)N[C@@H]2C[C@H]3C[C@H]2[C@H]2CCC[C@H]32)no1. The van der Waals surface area contributed by atoms with E-state index in [0.29, 0.717) is 29.2 Å². The van der Waals surface area contributed by atoms with E-state index in [1.807, 2.05) is 24.3 Å². The first-order valence-corrected chi connectivity index (χ1v) is 9.65. The standard InChI is InChI=1S/C21H24N2O3/c1-25-19-8-3-2-5-15(19)20-11-18(23-26-20)21(24)22-17-10-12-9-16(17)14-7-4-6-13(12)14/h2-3,5,8,11-14,16-17H,4,6-7,9-10H2,1H3,(H,22,24)/t12-,13-,14+,16+,17-/m1/s1. The predicted molar refractivity (Wildman–Crippen MR) is 96.8 cm³/mol. The molecule has 1 aromatic heterocycles. The Morgan fingerprint density at radius 1 is 1.19 bits per heavy atom. The van der Waals surface area contributed by atoms with Crippen molar-refractivity contribution in [3.05, 3.63) is 36.0 Å². The van der Waals surface area contributed by atoms with Gasteiger partial charge in [0.15, 0.2) is 11.5 Å². The molecule has 0 aliphatic heterocycles. The fraction of sp³-hybridized carbons (Fsp3) is 0.524. The highest BCUT2D eigenvalue weighted by atomic mass is 16.5. The molecule has 3 aliphatic carbocycles. The molecule has 5 nitrogen and oxygen atoms in total. The van der Waals surface area contributed by atoms with Gasteiger partial charge in [-0.2, -0.15) is 0 Å². The van der Waals surface area contributed by atoms with E-state index in [0.717, 1.165) is 29.7 Å². The van der Waals surface area contributed by atoms with E-state index < -0.39 is 0 Å². The summed E-state index contributed by atoms with van der Waals surface area (Å²) in [4.78, 5) is 12.7. The fourth-order valence-corrected chi connectivity index (χ4v) is 5.83. The monoisotopic (exact) mass is 352 g/mol. The summed E-state index contributed by atoms with van der Waals surface area (Å²) in [6.45, 7) is 0. The Labute approximate surface area is 153 Å². The number of ether oxygens (including phenoxy) is 1. The van der Waals surface area contributed by atoms with Gasteiger partial charge in [0.05, 0.1) is 12.7 Å². The molecule has 5 heteroatoms. The Morgan fingerprint density at radius 3 is 2.92 bits per heavy atom. The second kappa shape index (κ2) is 6.15. The number of nitrogens with one attached hydrogen (secondary N) is 1. The summed E-state index contributed by atoms with van der Waals surface area (Å²) in [5.74, 6) is 4.38. The summed E-state index contributed by atoms with van der Waals surface area (Å²) < 4.78 is 10.8. The van der Waals surface area contributed by atoms with Crippen LogP contribution in [0.2, 0.25) is 0 Å². The van der Waals surface area contributed by atoms with Crippen molar-refractivity contribution in [1.29, 1.82) is 0 Å². The van der Waals surface area contributed by atoms with E-state index in [9.17, 15) is 4.79 Å². The summed E-state index contributed by atoms with van der Waals surface area (Å²) in [5.41, 5.74) is 1.15. The van der Waals surface area contributed by atoms with Crippen LogP contribution < -0.4 is 10.1 Å². The summed E-state index contributed by atoms with van der Waals surface area (Å²) in [7, 11) is 1.62. The quantitative estimate of drug-likeness (QED) is 0.906. The summed E-state index contributed by atoms with van der Waals surface area (Å²) >= 11 is 0. The lowest BCUT2D eigenvalue weighted by Crippen LogP contribution is -2.42. The van der Waals surface area contributed by atoms with E-state index in [2.05, 4.69) is 10.5 Å². The average Bonchev–Trinajstić information content (AvgIpc) is 3.42. The van der Waals surface area contributed by atoms with Gasteiger partial charge in [-0.3, -0.25) is 4.79 Å². The Balaban J connectivity index is 1.31. The van der Waals surface area contributed by atoms with Gasteiger partial charge in [0.25, 0.3) is 5.91 Å². The van der Waals surface area contributed by atoms with Gasteiger partial charge >= 0.3 is 0 Å². The maximum Gasteiger partial charge on any atom is 0.273 e. The number of fused-ring (bicyclic) bond motifs is 5. The molecule has 1 aromatic carbocycles. The van der Waals surface area contributed by atoms with E-state index in [4.69, 9.17) is 9.26 Å². The minimum absolute atomic E-state index is 0.123. The van der Waals surface area contributed by atoms with Gasteiger partial charge in [0.2, 0.25) is 0 Å². The van der Waals surface area contributed by atoms with Crippen LogP contribution in [-0.2, 0) is 0 Å². The van der Waals surface area contributed by atoms with Gasteiger partial charge in [-0.05, 0) is 61.5 Å². The fourth-order valence-electron chi connectivity index (χ4n) is 5.83. The van der Waals surface area contributed by atoms with Crippen LogP contribution in [-0.4, -0.2) is 24.2 Å². The van der Waals surface area contributed by atoms with Gasteiger partial charge in [0, 0.05) is 12.1 Å². The normalized spacial score (nSPS) is 31.8. The van der Waals surface area contributed by atoms with Crippen molar-refractivity contribution in [3.63, 3.8) is 0 Å². The first-order valence-electron chi connectivity index (χ1n) is 9.65. The molecule has 136 valence electrons. The number of amides is 1. The van der Waals surface area contributed by atoms with Crippen molar-refractivity contribution < 1.29 is 14.1 Å². The molecular formula is C21H24N2O3. The van der Waals surface area contributed by atoms with E-state index in [1.165, 1.54) is 25.7 Å². The molecule has 5 rings (SSSR count). The van der Waals surface area contributed by atoms with Crippen LogP contribution in [0.25, 0.3) is 11.3 Å². The van der Waals surface area contributed by atoms with Gasteiger partial charge in [0.1, 0.15) is 5.75 Å². The lowest BCUT2D eigenvalue weighted by molar-refractivity contribution is 0.0892. The Kier molecular flexibility index (Phi) is 3.76. The Bertz CT molecular complexity index is 830. The minimum Gasteiger partial charge on any atom is -0.496 e. The van der Waals surface area contributed by atoms with Crippen LogP contribution in [0.5, 0.6) is 5.75 Å². The van der Waals surface area contributed by atoms with Crippen molar-refractivity contribution in [2.45, 2.75) is 38.1 Å². The van der Waals surface area contributed by atoms with Crippen LogP contribution in [0.3, 0.4) is 0 Å². The lowest BCUT2D eigenvalue weighted by atomic mass is 9.79. The number of nitrogens with zero attached hydrogens (tertiary/aromatic N) is 1. The molecule has 3 aliphatic rings. The number of rotatable bonds is 4. The number of para-hydroxylation sites is 1. The number of hydrogen-bond acceptors (Lipinski definition) is 4.